The molecule has 1 heterocycles. The van der Waals surface area contributed by atoms with Gasteiger partial charge in [0.1, 0.15) is 5.82 Å². The van der Waals surface area contributed by atoms with E-state index in [1.54, 1.807) is 0 Å². The van der Waals surface area contributed by atoms with Gasteiger partial charge in [-0.05, 0) is 19.8 Å². The van der Waals surface area contributed by atoms with E-state index in [4.69, 9.17) is 0 Å². The third kappa shape index (κ3) is 5.60. The number of hydrogen-bond donors (Lipinski definition) is 0. The molecule has 0 saturated carbocycles. The third-order valence-corrected chi connectivity index (χ3v) is 2.27. The SMILES string of the molecule is CC.CC.Cc1nccn1C(C)C(C)C. The van der Waals surface area contributed by atoms with Gasteiger partial charge in [0, 0.05) is 18.4 Å². The Bertz CT molecular complexity index is 226. The Balaban J connectivity index is 0. The Hall–Kier alpha value is -0.790. The lowest BCUT2D eigenvalue weighted by atomic mass is 10.1. The molecule has 0 bridgehead atoms. The predicted octanol–water partition coefficient (Wildman–Crippen LogP) is 4.46. The van der Waals surface area contributed by atoms with Crippen molar-refractivity contribution in [3.63, 3.8) is 0 Å². The molecule has 0 radical (unpaired) electrons. The van der Waals surface area contributed by atoms with E-state index in [0.717, 1.165) is 5.82 Å². The van der Waals surface area contributed by atoms with Crippen LogP contribution in [-0.2, 0) is 0 Å². The fourth-order valence-corrected chi connectivity index (χ4v) is 1.14. The Morgan fingerprint density at radius 3 is 1.80 bits per heavy atom. The minimum atomic E-state index is 0.553. The van der Waals surface area contributed by atoms with Crippen LogP contribution >= 0.6 is 0 Å². The van der Waals surface area contributed by atoms with E-state index < -0.39 is 0 Å². The van der Waals surface area contributed by atoms with Gasteiger partial charge in [0.25, 0.3) is 0 Å². The molecule has 0 amide bonds. The van der Waals surface area contributed by atoms with E-state index in [0.29, 0.717) is 12.0 Å². The lowest BCUT2D eigenvalue weighted by Crippen LogP contribution is -2.11. The van der Waals surface area contributed by atoms with Crippen molar-refractivity contribution in [1.82, 2.24) is 9.55 Å². The molecule has 1 aromatic rings. The summed E-state index contributed by atoms with van der Waals surface area (Å²) in [4.78, 5) is 4.18. The van der Waals surface area contributed by atoms with Crippen LogP contribution in [0.25, 0.3) is 0 Å². The molecule has 0 aliphatic carbocycles. The highest BCUT2D eigenvalue weighted by molar-refractivity contribution is 4.91. The van der Waals surface area contributed by atoms with Gasteiger partial charge in [-0.25, -0.2) is 4.98 Å². The number of hydrogen-bond acceptors (Lipinski definition) is 1. The molecule has 90 valence electrons. The van der Waals surface area contributed by atoms with Gasteiger partial charge in [0.2, 0.25) is 0 Å². The normalized spacial score (nSPS) is 11.0. The van der Waals surface area contributed by atoms with Gasteiger partial charge < -0.3 is 4.57 Å². The Morgan fingerprint density at radius 1 is 1.07 bits per heavy atom. The fraction of sp³-hybridized carbons (Fsp3) is 0.769. The smallest absolute Gasteiger partial charge is 0.105 e. The molecule has 0 aliphatic rings. The van der Waals surface area contributed by atoms with Gasteiger partial charge >= 0.3 is 0 Å². The Morgan fingerprint density at radius 2 is 1.53 bits per heavy atom. The lowest BCUT2D eigenvalue weighted by Gasteiger charge is -2.18. The summed E-state index contributed by atoms with van der Waals surface area (Å²) < 4.78 is 2.21. The molecule has 0 spiro atoms. The standard InChI is InChI=1S/C9H16N2.2C2H6/c1-7(2)8(3)11-6-5-10-9(11)4;2*1-2/h5-8H,1-4H3;2*1-2H3. The predicted molar refractivity (Wildman–Crippen MR) is 69.2 cm³/mol. The van der Waals surface area contributed by atoms with Crippen molar-refractivity contribution in [2.45, 2.75) is 61.4 Å². The van der Waals surface area contributed by atoms with Gasteiger partial charge in [-0.3, -0.25) is 0 Å². The van der Waals surface area contributed by atoms with Crippen molar-refractivity contribution in [1.29, 1.82) is 0 Å². The summed E-state index contributed by atoms with van der Waals surface area (Å²) in [5.41, 5.74) is 0. The first kappa shape index (κ1) is 16.6. The molecule has 1 rings (SSSR count). The summed E-state index contributed by atoms with van der Waals surface area (Å²) in [6.45, 7) is 16.7. The fourth-order valence-electron chi connectivity index (χ4n) is 1.14. The zero-order valence-electron chi connectivity index (χ0n) is 11.7. The maximum absolute atomic E-state index is 4.18. The van der Waals surface area contributed by atoms with E-state index in [-0.39, 0.29) is 0 Å². The summed E-state index contributed by atoms with van der Waals surface area (Å²) in [6.07, 6.45) is 3.90. The highest BCUT2D eigenvalue weighted by atomic mass is 15.1. The average Bonchev–Trinajstić information content (AvgIpc) is 2.69. The molecule has 0 N–H and O–H groups in total. The largest absolute Gasteiger partial charge is 0.332 e. The van der Waals surface area contributed by atoms with Crippen molar-refractivity contribution in [3.8, 4) is 0 Å². The van der Waals surface area contributed by atoms with Crippen molar-refractivity contribution in [3.05, 3.63) is 18.2 Å². The highest BCUT2D eigenvalue weighted by Gasteiger charge is 2.09. The molecule has 0 aliphatic heterocycles. The van der Waals surface area contributed by atoms with Crippen molar-refractivity contribution >= 4 is 0 Å². The van der Waals surface area contributed by atoms with Crippen LogP contribution in [0.3, 0.4) is 0 Å². The molecular weight excluding hydrogens is 184 g/mol. The van der Waals surface area contributed by atoms with E-state index in [1.165, 1.54) is 0 Å². The zero-order chi connectivity index (χ0) is 12.4. The van der Waals surface area contributed by atoms with Crippen LogP contribution < -0.4 is 0 Å². The zero-order valence-corrected chi connectivity index (χ0v) is 11.7. The van der Waals surface area contributed by atoms with E-state index >= 15 is 0 Å². The second kappa shape index (κ2) is 9.75. The van der Waals surface area contributed by atoms with Crippen molar-refractivity contribution in [2.24, 2.45) is 5.92 Å². The maximum atomic E-state index is 4.18. The third-order valence-electron chi connectivity index (χ3n) is 2.27. The maximum Gasteiger partial charge on any atom is 0.105 e. The van der Waals surface area contributed by atoms with Crippen LogP contribution in [0.5, 0.6) is 0 Å². The number of aryl methyl sites for hydroxylation is 1. The van der Waals surface area contributed by atoms with Crippen LogP contribution in [0, 0.1) is 12.8 Å². The van der Waals surface area contributed by atoms with E-state index in [1.807, 2.05) is 47.0 Å². The summed E-state index contributed by atoms with van der Waals surface area (Å²) >= 11 is 0. The lowest BCUT2D eigenvalue weighted by molar-refractivity contribution is 0.401. The number of aromatic nitrogens is 2. The molecule has 2 heteroatoms. The van der Waals surface area contributed by atoms with E-state index in [2.05, 4.69) is 30.3 Å². The minimum absolute atomic E-state index is 0.553. The molecule has 1 unspecified atom stereocenters. The number of nitrogens with zero attached hydrogens (tertiary/aromatic N) is 2. The Kier molecular flexibility index (Phi) is 10.8. The molecule has 2 nitrogen and oxygen atoms in total. The van der Waals surface area contributed by atoms with Crippen LogP contribution in [0.1, 0.15) is 60.3 Å². The summed E-state index contributed by atoms with van der Waals surface area (Å²) in [6, 6.07) is 0.553. The summed E-state index contributed by atoms with van der Waals surface area (Å²) in [5, 5.41) is 0. The first-order valence-corrected chi connectivity index (χ1v) is 6.12. The molecule has 0 saturated heterocycles. The van der Waals surface area contributed by atoms with Crippen molar-refractivity contribution < 1.29 is 0 Å². The van der Waals surface area contributed by atoms with Gasteiger partial charge in [-0.1, -0.05) is 41.5 Å². The first-order valence-electron chi connectivity index (χ1n) is 6.12. The van der Waals surface area contributed by atoms with Crippen molar-refractivity contribution in [2.75, 3.05) is 0 Å². The highest BCUT2D eigenvalue weighted by Crippen LogP contribution is 2.17. The summed E-state index contributed by atoms with van der Waals surface area (Å²) in [5.74, 6) is 1.77. The second-order valence-corrected chi connectivity index (χ2v) is 3.37. The van der Waals surface area contributed by atoms with Crippen LogP contribution in [0.4, 0.5) is 0 Å². The van der Waals surface area contributed by atoms with Gasteiger partial charge in [-0.15, -0.1) is 0 Å². The molecular formula is C13H28N2. The van der Waals surface area contributed by atoms with Gasteiger partial charge in [0.05, 0.1) is 0 Å². The Labute approximate surface area is 95.7 Å². The molecule has 1 atom stereocenters. The average molecular weight is 212 g/mol. The monoisotopic (exact) mass is 212 g/mol. The molecule has 15 heavy (non-hydrogen) atoms. The first-order chi connectivity index (χ1) is 7.13. The van der Waals surface area contributed by atoms with Gasteiger partial charge in [0.15, 0.2) is 0 Å². The number of rotatable bonds is 2. The molecule has 0 fully saturated rings. The minimum Gasteiger partial charge on any atom is -0.332 e. The van der Waals surface area contributed by atoms with E-state index in [9.17, 15) is 0 Å². The molecule has 0 aromatic carbocycles. The summed E-state index contributed by atoms with van der Waals surface area (Å²) in [7, 11) is 0. The topological polar surface area (TPSA) is 17.8 Å². The van der Waals surface area contributed by atoms with Gasteiger partial charge in [-0.2, -0.15) is 0 Å². The number of imidazole rings is 1. The molecule has 1 aromatic heterocycles. The second-order valence-electron chi connectivity index (χ2n) is 3.37. The quantitative estimate of drug-likeness (QED) is 0.707. The van der Waals surface area contributed by atoms with Crippen LogP contribution in [0.15, 0.2) is 12.4 Å². The van der Waals surface area contributed by atoms with Crippen LogP contribution in [-0.4, -0.2) is 9.55 Å². The van der Waals surface area contributed by atoms with Crippen LogP contribution in [0.2, 0.25) is 0 Å².